The van der Waals surface area contributed by atoms with Crippen LogP contribution in [0.2, 0.25) is 0 Å². The Morgan fingerprint density at radius 2 is 2.10 bits per heavy atom. The zero-order chi connectivity index (χ0) is 15.2. The Hall–Kier alpha value is -1.91. The van der Waals surface area contributed by atoms with Crippen molar-refractivity contribution in [2.75, 3.05) is 13.6 Å². The maximum atomic E-state index is 12.4. The van der Waals surface area contributed by atoms with Gasteiger partial charge in [-0.05, 0) is 31.4 Å². The van der Waals surface area contributed by atoms with Crippen LogP contribution < -0.4 is 0 Å². The first kappa shape index (κ1) is 15.5. The Bertz CT molecular complexity index is 490. The van der Waals surface area contributed by atoms with Crippen LogP contribution in [0.5, 0.6) is 0 Å². The molecule has 21 heavy (non-hydrogen) atoms. The molecule has 1 aromatic rings. The van der Waals surface area contributed by atoms with E-state index in [1.807, 2.05) is 18.2 Å². The van der Waals surface area contributed by atoms with E-state index in [1.54, 1.807) is 18.1 Å². The van der Waals surface area contributed by atoms with Crippen molar-refractivity contribution in [3.8, 4) is 0 Å². The lowest BCUT2D eigenvalue weighted by molar-refractivity contribution is -0.145. The number of carbonyl (C=O) groups is 2. The summed E-state index contributed by atoms with van der Waals surface area (Å²) in [6, 6.07) is 5.74. The molecule has 0 spiro atoms. The summed E-state index contributed by atoms with van der Waals surface area (Å²) in [4.78, 5) is 29.4. The smallest absolute Gasteiger partial charge is 0.306 e. The molecule has 0 aromatic carbocycles. The van der Waals surface area contributed by atoms with E-state index in [0.29, 0.717) is 19.4 Å². The highest BCUT2D eigenvalue weighted by Crippen LogP contribution is 2.30. The van der Waals surface area contributed by atoms with Gasteiger partial charge in [-0.1, -0.05) is 12.5 Å². The first-order valence-electron chi connectivity index (χ1n) is 7.45. The molecule has 0 aliphatic heterocycles. The molecule has 2 unspecified atom stereocenters. The largest absolute Gasteiger partial charge is 0.481 e. The fourth-order valence-corrected chi connectivity index (χ4v) is 2.89. The lowest BCUT2D eigenvalue weighted by atomic mass is 9.81. The minimum absolute atomic E-state index is 0.0666. The van der Waals surface area contributed by atoms with Crippen LogP contribution in [0.3, 0.4) is 0 Å². The van der Waals surface area contributed by atoms with Gasteiger partial charge in [0.05, 0.1) is 5.92 Å². The highest BCUT2D eigenvalue weighted by atomic mass is 16.4. The zero-order valence-corrected chi connectivity index (χ0v) is 12.4. The second-order valence-corrected chi connectivity index (χ2v) is 5.73. The summed E-state index contributed by atoms with van der Waals surface area (Å²) < 4.78 is 0. The van der Waals surface area contributed by atoms with Gasteiger partial charge in [-0.3, -0.25) is 14.6 Å². The van der Waals surface area contributed by atoms with Gasteiger partial charge < -0.3 is 10.0 Å². The molecule has 1 saturated carbocycles. The third-order valence-corrected chi connectivity index (χ3v) is 4.18. The van der Waals surface area contributed by atoms with Crippen LogP contribution >= 0.6 is 0 Å². The van der Waals surface area contributed by atoms with Gasteiger partial charge in [-0.2, -0.15) is 0 Å². The van der Waals surface area contributed by atoms with Crippen LogP contribution in [0.25, 0.3) is 0 Å². The molecule has 0 bridgehead atoms. The standard InChI is InChI=1S/C16H22N2O3/c1-18(10-8-14-7-2-3-9-17-14)15(19)12-5-4-6-13(11-12)16(20)21/h2-3,7,9,12-13H,4-6,8,10-11H2,1H3,(H,20,21). The van der Waals surface area contributed by atoms with Crippen molar-refractivity contribution < 1.29 is 14.7 Å². The predicted molar refractivity (Wildman–Crippen MR) is 78.7 cm³/mol. The molecule has 1 aliphatic carbocycles. The first-order chi connectivity index (χ1) is 10.1. The number of pyridine rings is 1. The first-order valence-corrected chi connectivity index (χ1v) is 7.45. The molecular weight excluding hydrogens is 268 g/mol. The van der Waals surface area contributed by atoms with Crippen molar-refractivity contribution in [1.29, 1.82) is 0 Å². The number of hydrogen-bond donors (Lipinski definition) is 1. The van der Waals surface area contributed by atoms with Crippen LogP contribution in [0, 0.1) is 11.8 Å². The van der Waals surface area contributed by atoms with Gasteiger partial charge >= 0.3 is 5.97 Å². The average Bonchev–Trinajstić information content (AvgIpc) is 2.53. The van der Waals surface area contributed by atoms with Gasteiger partial charge in [-0.25, -0.2) is 0 Å². The van der Waals surface area contributed by atoms with Crippen LogP contribution in [0.4, 0.5) is 0 Å². The predicted octanol–water partition coefficient (Wildman–Crippen LogP) is 1.97. The summed E-state index contributed by atoms with van der Waals surface area (Å²) in [5, 5.41) is 9.10. The molecule has 2 rings (SSSR count). The number of aliphatic carboxylic acids is 1. The second kappa shape index (κ2) is 7.20. The number of rotatable bonds is 5. The fraction of sp³-hybridized carbons (Fsp3) is 0.562. The SMILES string of the molecule is CN(CCc1ccccn1)C(=O)C1CCCC(C(=O)O)C1. The van der Waals surface area contributed by atoms with E-state index in [2.05, 4.69) is 4.98 Å². The van der Waals surface area contributed by atoms with Gasteiger partial charge in [0, 0.05) is 37.8 Å². The number of hydrogen-bond acceptors (Lipinski definition) is 3. The zero-order valence-electron chi connectivity index (χ0n) is 12.4. The Labute approximate surface area is 125 Å². The Morgan fingerprint density at radius 1 is 1.33 bits per heavy atom. The summed E-state index contributed by atoms with van der Waals surface area (Å²) in [5.41, 5.74) is 0.962. The summed E-state index contributed by atoms with van der Waals surface area (Å²) in [6.07, 6.45) is 5.25. The molecule has 1 aromatic heterocycles. The van der Waals surface area contributed by atoms with E-state index in [1.165, 1.54) is 0 Å². The highest BCUT2D eigenvalue weighted by Gasteiger charge is 2.32. The molecule has 2 atom stereocenters. The van der Waals surface area contributed by atoms with Gasteiger partial charge in [-0.15, -0.1) is 0 Å². The molecule has 1 N–H and O–H groups in total. The van der Waals surface area contributed by atoms with Crippen molar-refractivity contribution in [3.63, 3.8) is 0 Å². The van der Waals surface area contributed by atoms with Crippen molar-refractivity contribution in [2.24, 2.45) is 11.8 Å². The normalized spacial score (nSPS) is 21.8. The van der Waals surface area contributed by atoms with Crippen molar-refractivity contribution >= 4 is 11.9 Å². The van der Waals surface area contributed by atoms with Crippen LogP contribution in [-0.2, 0) is 16.0 Å². The third kappa shape index (κ3) is 4.28. The molecule has 0 saturated heterocycles. The topological polar surface area (TPSA) is 70.5 Å². The van der Waals surface area contributed by atoms with Crippen LogP contribution in [-0.4, -0.2) is 40.5 Å². The number of carbonyl (C=O) groups excluding carboxylic acids is 1. The monoisotopic (exact) mass is 290 g/mol. The van der Waals surface area contributed by atoms with E-state index in [9.17, 15) is 9.59 Å². The second-order valence-electron chi connectivity index (χ2n) is 5.73. The van der Waals surface area contributed by atoms with Crippen LogP contribution in [0.1, 0.15) is 31.4 Å². The van der Waals surface area contributed by atoms with Gasteiger partial charge in [0.15, 0.2) is 0 Å². The molecule has 5 heteroatoms. The minimum Gasteiger partial charge on any atom is -0.481 e. The molecule has 1 heterocycles. The van der Waals surface area contributed by atoms with Gasteiger partial charge in [0.2, 0.25) is 5.91 Å². The van der Waals surface area contributed by atoms with E-state index >= 15 is 0 Å². The van der Waals surface area contributed by atoms with E-state index in [-0.39, 0.29) is 17.7 Å². The van der Waals surface area contributed by atoms with Crippen molar-refractivity contribution in [1.82, 2.24) is 9.88 Å². The average molecular weight is 290 g/mol. The number of nitrogens with zero attached hydrogens (tertiary/aromatic N) is 2. The third-order valence-electron chi connectivity index (χ3n) is 4.18. The number of amides is 1. The lowest BCUT2D eigenvalue weighted by Gasteiger charge is -2.29. The van der Waals surface area contributed by atoms with Gasteiger partial charge in [0.1, 0.15) is 0 Å². The summed E-state index contributed by atoms with van der Waals surface area (Å²) in [7, 11) is 1.79. The number of likely N-dealkylation sites (N-methyl/N-ethyl adjacent to an activating group) is 1. The van der Waals surface area contributed by atoms with E-state index in [0.717, 1.165) is 25.0 Å². The molecule has 1 amide bonds. The maximum absolute atomic E-state index is 12.4. The van der Waals surface area contributed by atoms with E-state index in [4.69, 9.17) is 5.11 Å². The Kier molecular flexibility index (Phi) is 5.31. The summed E-state index contributed by atoms with van der Waals surface area (Å²) in [5.74, 6) is -1.22. The van der Waals surface area contributed by atoms with Crippen LogP contribution in [0.15, 0.2) is 24.4 Å². The molecular formula is C16H22N2O3. The van der Waals surface area contributed by atoms with E-state index < -0.39 is 5.97 Å². The molecule has 5 nitrogen and oxygen atoms in total. The number of aromatic nitrogens is 1. The quantitative estimate of drug-likeness (QED) is 0.900. The molecule has 114 valence electrons. The Morgan fingerprint density at radius 3 is 2.76 bits per heavy atom. The van der Waals surface area contributed by atoms with Crippen molar-refractivity contribution in [3.05, 3.63) is 30.1 Å². The lowest BCUT2D eigenvalue weighted by Crippen LogP contribution is -2.37. The minimum atomic E-state index is -0.774. The molecule has 0 radical (unpaired) electrons. The fourth-order valence-electron chi connectivity index (χ4n) is 2.89. The number of carboxylic acids is 1. The highest BCUT2D eigenvalue weighted by molar-refractivity contribution is 5.80. The maximum Gasteiger partial charge on any atom is 0.306 e. The summed E-state index contributed by atoms with van der Waals surface area (Å²) in [6.45, 7) is 0.615. The van der Waals surface area contributed by atoms with Gasteiger partial charge in [0.25, 0.3) is 0 Å². The number of carboxylic acid groups (broad SMARTS) is 1. The molecule has 1 fully saturated rings. The van der Waals surface area contributed by atoms with Crippen molar-refractivity contribution in [2.45, 2.75) is 32.1 Å². The Balaban J connectivity index is 1.85. The molecule has 1 aliphatic rings. The summed E-state index contributed by atoms with van der Waals surface area (Å²) >= 11 is 0.